The van der Waals surface area contributed by atoms with Gasteiger partial charge in [-0.3, -0.25) is 9.59 Å². The van der Waals surface area contributed by atoms with Crippen LogP contribution in [0.25, 0.3) is 0 Å². The maximum absolute atomic E-state index is 12.5. The highest BCUT2D eigenvalue weighted by Gasteiger charge is 2.37. The first-order valence-electron chi connectivity index (χ1n) is 7.61. The summed E-state index contributed by atoms with van der Waals surface area (Å²) in [4.78, 5) is 43.9. The molecule has 5 N–H and O–H groups in total. The SMILES string of the molecule is NC(Cc1cnc[nH]1)C(=O)NC(CS)C(=O)N1CCCC1C(=O)O. The average molecular weight is 355 g/mol. The fraction of sp³-hybridized carbons (Fsp3) is 0.571. The van der Waals surface area contributed by atoms with Gasteiger partial charge in [0.2, 0.25) is 11.8 Å². The van der Waals surface area contributed by atoms with Gasteiger partial charge in [-0.2, -0.15) is 12.6 Å². The number of carbonyl (C=O) groups is 3. The summed E-state index contributed by atoms with van der Waals surface area (Å²) in [5.74, 6) is -1.93. The zero-order valence-electron chi connectivity index (χ0n) is 13.0. The average Bonchev–Trinajstić information content (AvgIpc) is 3.22. The number of hydrogen-bond donors (Lipinski definition) is 5. The molecule has 1 fully saturated rings. The van der Waals surface area contributed by atoms with E-state index >= 15 is 0 Å². The number of hydrogen-bond acceptors (Lipinski definition) is 6. The van der Waals surface area contributed by atoms with Crippen LogP contribution in [0.5, 0.6) is 0 Å². The number of aromatic amines is 1. The van der Waals surface area contributed by atoms with Crippen molar-refractivity contribution in [1.82, 2.24) is 20.2 Å². The van der Waals surface area contributed by atoms with Crippen LogP contribution in [0, 0.1) is 0 Å². The van der Waals surface area contributed by atoms with Gasteiger partial charge in [-0.25, -0.2) is 9.78 Å². The Morgan fingerprint density at radius 2 is 2.29 bits per heavy atom. The minimum absolute atomic E-state index is 0.0597. The normalized spacial score (nSPS) is 19.8. The molecule has 0 radical (unpaired) electrons. The second-order valence-electron chi connectivity index (χ2n) is 5.66. The van der Waals surface area contributed by atoms with Crippen LogP contribution in [0.15, 0.2) is 12.5 Å². The molecule has 1 saturated heterocycles. The minimum atomic E-state index is -1.04. The van der Waals surface area contributed by atoms with Crippen LogP contribution in [0.1, 0.15) is 18.5 Å². The van der Waals surface area contributed by atoms with Crippen molar-refractivity contribution in [2.45, 2.75) is 37.4 Å². The highest BCUT2D eigenvalue weighted by molar-refractivity contribution is 7.80. The highest BCUT2D eigenvalue weighted by atomic mass is 32.1. The van der Waals surface area contributed by atoms with Crippen LogP contribution < -0.4 is 11.1 Å². The molecule has 3 atom stereocenters. The maximum atomic E-state index is 12.5. The smallest absolute Gasteiger partial charge is 0.326 e. The van der Waals surface area contributed by atoms with Crippen molar-refractivity contribution >= 4 is 30.4 Å². The molecular weight excluding hydrogens is 334 g/mol. The second-order valence-corrected chi connectivity index (χ2v) is 6.02. The number of rotatable bonds is 7. The number of imidazole rings is 1. The van der Waals surface area contributed by atoms with E-state index in [1.807, 2.05) is 0 Å². The molecule has 1 aliphatic heterocycles. The first-order chi connectivity index (χ1) is 11.4. The van der Waals surface area contributed by atoms with E-state index in [4.69, 9.17) is 5.73 Å². The second kappa shape index (κ2) is 8.15. The van der Waals surface area contributed by atoms with Crippen molar-refractivity contribution in [3.8, 4) is 0 Å². The molecule has 0 saturated carbocycles. The fourth-order valence-corrected chi connectivity index (χ4v) is 2.93. The monoisotopic (exact) mass is 355 g/mol. The molecule has 2 heterocycles. The number of carboxylic acid groups (broad SMARTS) is 1. The Kier molecular flexibility index (Phi) is 6.21. The Morgan fingerprint density at radius 3 is 2.88 bits per heavy atom. The number of amides is 2. The van der Waals surface area contributed by atoms with Gasteiger partial charge in [-0.1, -0.05) is 0 Å². The molecular formula is C14H21N5O4S. The fourth-order valence-electron chi connectivity index (χ4n) is 2.68. The number of aromatic nitrogens is 2. The Labute approximate surface area is 144 Å². The molecule has 0 spiro atoms. The number of nitrogens with two attached hydrogens (primary N) is 1. The van der Waals surface area contributed by atoms with Crippen LogP contribution >= 0.6 is 12.6 Å². The predicted octanol–water partition coefficient (Wildman–Crippen LogP) is -1.23. The van der Waals surface area contributed by atoms with Crippen molar-refractivity contribution in [3.05, 3.63) is 18.2 Å². The lowest BCUT2D eigenvalue weighted by atomic mass is 10.1. The lowest BCUT2D eigenvalue weighted by molar-refractivity contribution is -0.149. The third kappa shape index (κ3) is 4.26. The van der Waals surface area contributed by atoms with Crippen LogP contribution in [0.3, 0.4) is 0 Å². The summed E-state index contributed by atoms with van der Waals surface area (Å²) in [5, 5.41) is 11.7. The highest BCUT2D eigenvalue weighted by Crippen LogP contribution is 2.18. The molecule has 132 valence electrons. The van der Waals surface area contributed by atoms with Crippen LogP contribution in [-0.2, 0) is 20.8 Å². The Morgan fingerprint density at radius 1 is 1.54 bits per heavy atom. The summed E-state index contributed by atoms with van der Waals surface area (Å²) in [6.45, 7) is 0.357. The number of carbonyl (C=O) groups excluding carboxylic acids is 2. The number of likely N-dealkylation sites (tertiary alicyclic amines) is 1. The van der Waals surface area contributed by atoms with Gasteiger partial charge < -0.3 is 26.0 Å². The van der Waals surface area contributed by atoms with Gasteiger partial charge in [-0.05, 0) is 12.8 Å². The summed E-state index contributed by atoms with van der Waals surface area (Å²) in [7, 11) is 0. The Hall–Kier alpha value is -2.07. The van der Waals surface area contributed by atoms with E-state index in [9.17, 15) is 19.5 Å². The molecule has 2 rings (SSSR count). The molecule has 1 aromatic rings. The maximum Gasteiger partial charge on any atom is 0.326 e. The van der Waals surface area contributed by atoms with E-state index in [2.05, 4.69) is 27.9 Å². The van der Waals surface area contributed by atoms with E-state index in [1.165, 1.54) is 11.2 Å². The first kappa shape index (κ1) is 18.3. The summed E-state index contributed by atoms with van der Waals surface area (Å²) in [5.41, 5.74) is 6.54. The van der Waals surface area contributed by atoms with Crippen molar-refractivity contribution in [1.29, 1.82) is 0 Å². The van der Waals surface area contributed by atoms with Crippen LogP contribution in [0.2, 0.25) is 0 Å². The molecule has 1 aliphatic rings. The van der Waals surface area contributed by atoms with Gasteiger partial charge in [0.15, 0.2) is 0 Å². The lowest BCUT2D eigenvalue weighted by Gasteiger charge is -2.27. The van der Waals surface area contributed by atoms with Gasteiger partial charge >= 0.3 is 5.97 Å². The molecule has 2 amide bonds. The number of carboxylic acids is 1. The topological polar surface area (TPSA) is 141 Å². The first-order valence-corrected chi connectivity index (χ1v) is 8.24. The lowest BCUT2D eigenvalue weighted by Crippen LogP contribution is -2.55. The third-order valence-electron chi connectivity index (χ3n) is 3.95. The number of aliphatic carboxylic acids is 1. The summed E-state index contributed by atoms with van der Waals surface area (Å²) in [6.07, 6.45) is 4.33. The molecule has 10 heteroatoms. The molecule has 0 bridgehead atoms. The van der Waals surface area contributed by atoms with Gasteiger partial charge in [0, 0.05) is 30.6 Å². The number of nitrogens with one attached hydrogen (secondary N) is 2. The zero-order valence-corrected chi connectivity index (χ0v) is 13.9. The van der Waals surface area contributed by atoms with E-state index < -0.39 is 35.9 Å². The van der Waals surface area contributed by atoms with Gasteiger partial charge in [-0.15, -0.1) is 0 Å². The summed E-state index contributed by atoms with van der Waals surface area (Å²) < 4.78 is 0. The number of nitrogens with zero attached hydrogens (tertiary/aromatic N) is 2. The van der Waals surface area contributed by atoms with Gasteiger partial charge in [0.1, 0.15) is 12.1 Å². The van der Waals surface area contributed by atoms with Crippen molar-refractivity contribution in [3.63, 3.8) is 0 Å². The molecule has 24 heavy (non-hydrogen) atoms. The Bertz CT molecular complexity index is 594. The van der Waals surface area contributed by atoms with E-state index in [0.29, 0.717) is 25.1 Å². The summed E-state index contributed by atoms with van der Waals surface area (Å²) >= 11 is 4.09. The van der Waals surface area contributed by atoms with Crippen molar-refractivity contribution in [2.24, 2.45) is 5.73 Å². The molecule has 9 nitrogen and oxygen atoms in total. The number of thiol groups is 1. The summed E-state index contributed by atoms with van der Waals surface area (Å²) in [6, 6.07) is -2.61. The van der Waals surface area contributed by atoms with Crippen LogP contribution in [0.4, 0.5) is 0 Å². The molecule has 3 unspecified atom stereocenters. The number of H-pyrrole nitrogens is 1. The van der Waals surface area contributed by atoms with E-state index in [1.54, 1.807) is 6.20 Å². The molecule has 0 aromatic carbocycles. The van der Waals surface area contributed by atoms with Crippen molar-refractivity contribution < 1.29 is 19.5 Å². The largest absolute Gasteiger partial charge is 0.480 e. The predicted molar refractivity (Wildman–Crippen MR) is 88.4 cm³/mol. The quantitative estimate of drug-likeness (QED) is 0.388. The standard InChI is InChI=1S/C14H21N5O4S/c15-9(4-8-5-16-7-17-8)12(20)18-10(6-24)13(21)19-3-1-2-11(19)14(22)23/h5,7,9-11,24H,1-4,6,15H2,(H,16,17)(H,18,20)(H,22,23). The van der Waals surface area contributed by atoms with Crippen LogP contribution in [-0.4, -0.2) is 68.2 Å². The minimum Gasteiger partial charge on any atom is -0.480 e. The van der Waals surface area contributed by atoms with E-state index in [-0.39, 0.29) is 12.2 Å². The zero-order chi connectivity index (χ0) is 17.7. The molecule has 0 aliphatic carbocycles. The molecule has 1 aromatic heterocycles. The Balaban J connectivity index is 1.96. The van der Waals surface area contributed by atoms with E-state index in [0.717, 1.165) is 0 Å². The third-order valence-corrected chi connectivity index (χ3v) is 4.31. The van der Waals surface area contributed by atoms with Gasteiger partial charge in [0.05, 0.1) is 12.4 Å². The van der Waals surface area contributed by atoms with Gasteiger partial charge in [0.25, 0.3) is 0 Å². The van der Waals surface area contributed by atoms with Crippen molar-refractivity contribution in [2.75, 3.05) is 12.3 Å².